The Kier molecular flexibility index (Phi) is 4.14. The molecule has 0 saturated carbocycles. The summed E-state index contributed by atoms with van der Waals surface area (Å²) < 4.78 is 5.15. The zero-order valence-electron chi connectivity index (χ0n) is 11.8. The number of carbonyl (C=O) groups is 1. The topological polar surface area (TPSA) is 94.0 Å². The molecule has 3 N–H and O–H groups in total. The van der Waals surface area contributed by atoms with Crippen LogP contribution in [0.4, 0.5) is 5.69 Å². The predicted octanol–water partition coefficient (Wildman–Crippen LogP) is 1.97. The Morgan fingerprint density at radius 2 is 2.15 bits per heavy atom. The van der Waals surface area contributed by atoms with Gasteiger partial charge in [-0.05, 0) is 30.5 Å². The quantitative estimate of drug-likeness (QED) is 0.888. The van der Waals surface area contributed by atoms with Crippen molar-refractivity contribution in [3.05, 3.63) is 30.2 Å². The molecule has 6 heteroatoms. The van der Waals surface area contributed by atoms with Gasteiger partial charge in [0.05, 0.1) is 6.04 Å². The number of rotatable bonds is 4. The van der Waals surface area contributed by atoms with Crippen molar-refractivity contribution in [1.82, 2.24) is 10.2 Å². The number of amides is 1. The molecule has 1 aromatic carbocycles. The second-order valence-corrected chi connectivity index (χ2v) is 5.03. The average Bonchev–Trinajstić information content (AvgIpc) is 2.94. The van der Waals surface area contributed by atoms with E-state index in [1.54, 1.807) is 6.07 Å². The van der Waals surface area contributed by atoms with Crippen molar-refractivity contribution in [3.63, 3.8) is 0 Å². The van der Waals surface area contributed by atoms with Gasteiger partial charge < -0.3 is 15.5 Å². The molecular formula is C14H18N4O2. The maximum Gasteiger partial charge on any atom is 0.247 e. The highest BCUT2D eigenvalue weighted by molar-refractivity contribution is 5.96. The van der Waals surface area contributed by atoms with Gasteiger partial charge in [0.1, 0.15) is 0 Å². The normalized spacial score (nSPS) is 12.4. The lowest BCUT2D eigenvalue weighted by molar-refractivity contribution is -0.118. The van der Waals surface area contributed by atoms with Gasteiger partial charge in [0.25, 0.3) is 0 Å². The summed E-state index contributed by atoms with van der Waals surface area (Å²) in [6.45, 7) is 5.73. The Morgan fingerprint density at radius 3 is 2.75 bits per heavy atom. The summed E-state index contributed by atoms with van der Waals surface area (Å²) in [6, 6.07) is 5.01. The molecule has 0 radical (unpaired) electrons. The van der Waals surface area contributed by atoms with E-state index in [0.29, 0.717) is 11.6 Å². The van der Waals surface area contributed by atoms with E-state index < -0.39 is 6.04 Å². The monoisotopic (exact) mass is 274 g/mol. The second-order valence-electron chi connectivity index (χ2n) is 5.03. The first-order valence-corrected chi connectivity index (χ1v) is 6.42. The van der Waals surface area contributed by atoms with Crippen LogP contribution in [0.2, 0.25) is 0 Å². The molecule has 0 spiro atoms. The van der Waals surface area contributed by atoms with Crippen LogP contribution in [0.3, 0.4) is 0 Å². The zero-order chi connectivity index (χ0) is 14.7. The lowest BCUT2D eigenvalue weighted by atomic mass is 10.0. The van der Waals surface area contributed by atoms with E-state index in [-0.39, 0.29) is 11.8 Å². The van der Waals surface area contributed by atoms with Gasteiger partial charge in [-0.2, -0.15) is 0 Å². The number of hydrogen-bond donors (Lipinski definition) is 2. The minimum absolute atomic E-state index is 0.0782. The van der Waals surface area contributed by atoms with Crippen LogP contribution in [0, 0.1) is 12.8 Å². The summed E-state index contributed by atoms with van der Waals surface area (Å²) in [5.41, 5.74) is 8.23. The van der Waals surface area contributed by atoms with Gasteiger partial charge >= 0.3 is 0 Å². The molecule has 2 aromatic rings. The maximum absolute atomic E-state index is 12.0. The molecule has 6 nitrogen and oxygen atoms in total. The number of nitrogens with zero attached hydrogens (tertiary/aromatic N) is 2. The number of nitrogens with two attached hydrogens (primary N) is 1. The van der Waals surface area contributed by atoms with Crippen molar-refractivity contribution >= 4 is 11.6 Å². The first kappa shape index (κ1) is 14.2. The van der Waals surface area contributed by atoms with Crippen molar-refractivity contribution in [2.45, 2.75) is 26.8 Å². The van der Waals surface area contributed by atoms with E-state index in [4.69, 9.17) is 10.2 Å². The van der Waals surface area contributed by atoms with Crippen LogP contribution in [0.15, 0.2) is 29.0 Å². The molecule has 2 rings (SSSR count). The lowest BCUT2D eigenvalue weighted by Crippen LogP contribution is -2.39. The van der Waals surface area contributed by atoms with Gasteiger partial charge in [-0.25, -0.2) is 0 Å². The van der Waals surface area contributed by atoms with Gasteiger partial charge in [-0.15, -0.1) is 10.2 Å². The fourth-order valence-corrected chi connectivity index (χ4v) is 1.71. The smallest absolute Gasteiger partial charge is 0.247 e. The van der Waals surface area contributed by atoms with Crippen LogP contribution >= 0.6 is 0 Å². The van der Waals surface area contributed by atoms with E-state index in [1.807, 2.05) is 32.9 Å². The SMILES string of the molecule is Cc1ccc(-c2nnco2)cc1NC(=O)[C@@H](N)C(C)C. The van der Waals surface area contributed by atoms with Crippen molar-refractivity contribution in [2.24, 2.45) is 11.7 Å². The molecule has 1 amide bonds. The van der Waals surface area contributed by atoms with E-state index in [9.17, 15) is 4.79 Å². The zero-order valence-corrected chi connectivity index (χ0v) is 11.8. The Labute approximate surface area is 117 Å². The minimum Gasteiger partial charge on any atom is -0.423 e. The Hall–Kier alpha value is -2.21. The van der Waals surface area contributed by atoms with E-state index >= 15 is 0 Å². The number of nitrogens with one attached hydrogen (secondary N) is 1. The van der Waals surface area contributed by atoms with Crippen molar-refractivity contribution in [2.75, 3.05) is 5.32 Å². The van der Waals surface area contributed by atoms with E-state index in [0.717, 1.165) is 11.1 Å². The molecule has 1 heterocycles. The molecular weight excluding hydrogens is 256 g/mol. The first-order valence-electron chi connectivity index (χ1n) is 6.42. The molecule has 0 aliphatic carbocycles. The average molecular weight is 274 g/mol. The molecule has 106 valence electrons. The standard InChI is InChI=1S/C14H18N4O2/c1-8(2)12(15)13(19)17-11-6-10(5-4-9(11)3)14-18-16-7-20-14/h4-8,12H,15H2,1-3H3,(H,17,19)/t12-/m0/s1. The first-order chi connectivity index (χ1) is 9.49. The number of benzene rings is 1. The third-order valence-electron chi connectivity index (χ3n) is 3.12. The van der Waals surface area contributed by atoms with Gasteiger partial charge in [-0.1, -0.05) is 19.9 Å². The van der Waals surface area contributed by atoms with Crippen molar-refractivity contribution in [1.29, 1.82) is 0 Å². The summed E-state index contributed by atoms with van der Waals surface area (Å²) >= 11 is 0. The molecule has 1 aromatic heterocycles. The van der Waals surface area contributed by atoms with Gasteiger partial charge in [0.15, 0.2) is 0 Å². The maximum atomic E-state index is 12.0. The summed E-state index contributed by atoms with van der Waals surface area (Å²) in [7, 11) is 0. The molecule has 0 aliphatic heterocycles. The number of carbonyl (C=O) groups excluding carboxylic acids is 1. The van der Waals surface area contributed by atoms with Crippen LogP contribution < -0.4 is 11.1 Å². The highest BCUT2D eigenvalue weighted by Gasteiger charge is 2.18. The fourth-order valence-electron chi connectivity index (χ4n) is 1.71. The molecule has 0 unspecified atom stereocenters. The summed E-state index contributed by atoms with van der Waals surface area (Å²) in [6.07, 6.45) is 1.27. The molecule has 0 saturated heterocycles. The number of anilines is 1. The molecule has 20 heavy (non-hydrogen) atoms. The number of aryl methyl sites for hydroxylation is 1. The van der Waals surface area contributed by atoms with Crippen LogP contribution in [0.5, 0.6) is 0 Å². The Bertz CT molecular complexity index is 593. The third-order valence-corrected chi connectivity index (χ3v) is 3.12. The number of hydrogen-bond acceptors (Lipinski definition) is 5. The highest BCUT2D eigenvalue weighted by atomic mass is 16.4. The van der Waals surface area contributed by atoms with Crippen LogP contribution in [-0.2, 0) is 4.79 Å². The molecule has 0 aliphatic rings. The second kappa shape index (κ2) is 5.83. The van der Waals surface area contributed by atoms with Gasteiger partial charge in [0.2, 0.25) is 18.2 Å². The van der Waals surface area contributed by atoms with Crippen LogP contribution in [0.1, 0.15) is 19.4 Å². The minimum atomic E-state index is -0.540. The number of aromatic nitrogens is 2. The van der Waals surface area contributed by atoms with Crippen LogP contribution in [0.25, 0.3) is 11.5 Å². The molecule has 0 fully saturated rings. The summed E-state index contributed by atoms with van der Waals surface area (Å²) in [5, 5.41) is 10.3. The van der Waals surface area contributed by atoms with Crippen molar-refractivity contribution in [3.8, 4) is 11.5 Å². The molecule has 0 bridgehead atoms. The third kappa shape index (κ3) is 3.03. The van der Waals surface area contributed by atoms with Gasteiger partial charge in [-0.3, -0.25) is 4.79 Å². The van der Waals surface area contributed by atoms with E-state index in [1.165, 1.54) is 6.39 Å². The predicted molar refractivity (Wildman–Crippen MR) is 75.9 cm³/mol. The summed E-state index contributed by atoms with van der Waals surface area (Å²) in [5.74, 6) is 0.286. The lowest BCUT2D eigenvalue weighted by Gasteiger charge is -2.16. The van der Waals surface area contributed by atoms with Crippen LogP contribution in [-0.4, -0.2) is 22.1 Å². The molecule has 1 atom stereocenters. The van der Waals surface area contributed by atoms with Gasteiger partial charge in [0, 0.05) is 11.3 Å². The Morgan fingerprint density at radius 1 is 1.40 bits per heavy atom. The van der Waals surface area contributed by atoms with E-state index in [2.05, 4.69) is 15.5 Å². The van der Waals surface area contributed by atoms with Crippen molar-refractivity contribution < 1.29 is 9.21 Å². The Balaban J connectivity index is 2.24. The highest BCUT2D eigenvalue weighted by Crippen LogP contribution is 2.24. The summed E-state index contributed by atoms with van der Waals surface area (Å²) in [4.78, 5) is 12.0. The fraction of sp³-hybridized carbons (Fsp3) is 0.357. The largest absolute Gasteiger partial charge is 0.423 e.